The maximum absolute atomic E-state index is 13.3. The molecular weight excluding hydrogens is 542 g/mol. The number of hydrogen-bond acceptors (Lipinski definition) is 10. The highest BCUT2D eigenvalue weighted by molar-refractivity contribution is 6.10. The number of rotatable bonds is 4. The first-order valence-electron chi connectivity index (χ1n) is 15.3. The molecule has 0 amide bonds. The van der Waals surface area contributed by atoms with Crippen LogP contribution in [0.15, 0.2) is 16.6 Å². The van der Waals surface area contributed by atoms with Gasteiger partial charge >= 0.3 is 5.97 Å². The lowest BCUT2D eigenvalue weighted by atomic mass is 9.75. The second-order valence-corrected chi connectivity index (χ2v) is 13.4. The molecular formula is C31H53N3O8. The van der Waals surface area contributed by atoms with Gasteiger partial charge in [-0.05, 0) is 79.1 Å². The van der Waals surface area contributed by atoms with Crippen LogP contribution in [0.25, 0.3) is 0 Å². The van der Waals surface area contributed by atoms with E-state index in [0.29, 0.717) is 31.4 Å². The molecule has 42 heavy (non-hydrogen) atoms. The molecule has 0 unspecified atom stereocenters. The number of hydrogen-bond donors (Lipinski definition) is 5. The topological polar surface area (TPSA) is 165 Å². The third kappa shape index (κ3) is 7.67. The fourth-order valence-electron chi connectivity index (χ4n) is 6.78. The standard InChI is InChI=1S/C31H53N3O8/c1-10-22-30(6,38)15-20-11-12-23(32)33-24(20)16(2)14-31(7,39)27(18(4)25(35)19(5)28(37)41-22)42-29-26(36)21(34(8)9)13-17(3)40-29/h15-19,21-22,25-27,29,32,35-36,38-39H,10-14H2,1-9H3/b20-15+,32-23?/t16-,17-,18+,19-,21+,22-,25+,26-,27-,29+,30+,31+/m1/s1. The Bertz CT molecular complexity index is 1040. The molecule has 0 radical (unpaired) electrons. The summed E-state index contributed by atoms with van der Waals surface area (Å²) in [6, 6.07) is -0.246. The molecule has 0 aromatic carbocycles. The van der Waals surface area contributed by atoms with Crippen molar-refractivity contribution < 1.29 is 39.4 Å². The Morgan fingerprint density at radius 1 is 1.12 bits per heavy atom. The van der Waals surface area contributed by atoms with E-state index in [4.69, 9.17) is 19.6 Å². The molecule has 11 nitrogen and oxygen atoms in total. The van der Waals surface area contributed by atoms with E-state index in [-0.39, 0.29) is 30.3 Å². The van der Waals surface area contributed by atoms with Gasteiger partial charge < -0.3 is 39.5 Å². The number of aliphatic hydroxyl groups is 4. The molecule has 240 valence electrons. The average molecular weight is 596 g/mol. The number of aliphatic hydroxyl groups excluding tert-OH is 2. The van der Waals surface area contributed by atoms with Gasteiger partial charge in [-0.1, -0.05) is 20.8 Å². The number of allylic oxidation sites excluding steroid dienone is 1. The maximum Gasteiger partial charge on any atom is 0.311 e. The molecule has 0 spiro atoms. The number of likely N-dealkylation sites (N-methyl/N-ethyl adjacent to an activating group) is 1. The number of fused-ring (bicyclic) bond motifs is 1. The Balaban J connectivity index is 2.10. The fraction of sp³-hybridized carbons (Fsp3) is 0.839. The van der Waals surface area contributed by atoms with E-state index in [9.17, 15) is 25.2 Å². The molecule has 5 N–H and O–H groups in total. The quantitative estimate of drug-likeness (QED) is 0.307. The molecule has 3 aliphatic heterocycles. The van der Waals surface area contributed by atoms with Crippen molar-refractivity contribution in [2.45, 2.75) is 135 Å². The first-order valence-corrected chi connectivity index (χ1v) is 15.3. The number of cyclic esters (lactones) is 1. The van der Waals surface area contributed by atoms with Crippen molar-refractivity contribution in [2.24, 2.45) is 22.7 Å². The van der Waals surface area contributed by atoms with Crippen LogP contribution in [0.3, 0.4) is 0 Å². The smallest absolute Gasteiger partial charge is 0.311 e. The van der Waals surface area contributed by atoms with Gasteiger partial charge in [0.15, 0.2) is 6.29 Å². The minimum atomic E-state index is -1.59. The minimum Gasteiger partial charge on any atom is -0.459 e. The normalized spacial score (nSPS) is 45.8. The second-order valence-electron chi connectivity index (χ2n) is 13.4. The van der Waals surface area contributed by atoms with Crippen molar-refractivity contribution in [3.8, 4) is 0 Å². The Labute approximate surface area is 250 Å². The van der Waals surface area contributed by atoms with Crippen LogP contribution in [0.2, 0.25) is 0 Å². The summed E-state index contributed by atoms with van der Waals surface area (Å²) in [6.45, 7) is 12.0. The minimum absolute atomic E-state index is 0.131. The van der Waals surface area contributed by atoms with Crippen LogP contribution in [0, 0.1) is 23.2 Å². The predicted molar refractivity (Wildman–Crippen MR) is 159 cm³/mol. The number of carbonyl (C=O) groups is 1. The lowest BCUT2D eigenvalue weighted by molar-refractivity contribution is -0.298. The number of nitrogens with zero attached hydrogens (tertiary/aromatic N) is 2. The van der Waals surface area contributed by atoms with Gasteiger partial charge in [-0.3, -0.25) is 10.2 Å². The van der Waals surface area contributed by atoms with Crippen LogP contribution in [-0.2, 0) is 19.0 Å². The number of amidine groups is 1. The first kappa shape index (κ1) is 34.8. The highest BCUT2D eigenvalue weighted by Crippen LogP contribution is 2.38. The monoisotopic (exact) mass is 595 g/mol. The molecule has 1 saturated heterocycles. The summed E-state index contributed by atoms with van der Waals surface area (Å²) < 4.78 is 18.2. The molecule has 12 atom stereocenters. The van der Waals surface area contributed by atoms with Crippen molar-refractivity contribution >= 4 is 17.5 Å². The Morgan fingerprint density at radius 3 is 2.36 bits per heavy atom. The number of nitrogens with one attached hydrogen (secondary N) is 1. The molecule has 0 aliphatic carbocycles. The summed E-state index contributed by atoms with van der Waals surface area (Å²) in [5, 5.41) is 54.4. The molecule has 0 saturated carbocycles. The van der Waals surface area contributed by atoms with Crippen LogP contribution in [0.5, 0.6) is 0 Å². The van der Waals surface area contributed by atoms with Crippen LogP contribution >= 0.6 is 0 Å². The third-order valence-corrected chi connectivity index (χ3v) is 9.22. The Kier molecular flexibility index (Phi) is 11.2. The zero-order valence-corrected chi connectivity index (χ0v) is 26.7. The van der Waals surface area contributed by atoms with Crippen LogP contribution in [-0.4, -0.2) is 111 Å². The average Bonchev–Trinajstić information content (AvgIpc) is 2.90. The fourth-order valence-corrected chi connectivity index (χ4v) is 6.78. The predicted octanol–water partition coefficient (Wildman–Crippen LogP) is 2.43. The largest absolute Gasteiger partial charge is 0.459 e. The molecule has 3 heterocycles. The van der Waals surface area contributed by atoms with Crippen molar-refractivity contribution in [1.29, 1.82) is 5.41 Å². The molecule has 3 rings (SSSR count). The lowest BCUT2D eigenvalue weighted by Gasteiger charge is -2.46. The van der Waals surface area contributed by atoms with E-state index < -0.39 is 59.7 Å². The molecule has 11 heteroatoms. The van der Waals surface area contributed by atoms with Gasteiger partial charge in [0.1, 0.15) is 23.6 Å². The summed E-state index contributed by atoms with van der Waals surface area (Å²) in [5.41, 5.74) is -1.81. The first-order chi connectivity index (χ1) is 19.4. The van der Waals surface area contributed by atoms with Gasteiger partial charge in [-0.25, -0.2) is 4.99 Å². The summed E-state index contributed by atoms with van der Waals surface area (Å²) in [7, 11) is 3.74. The molecule has 1 fully saturated rings. The molecule has 0 aromatic rings. The maximum atomic E-state index is 13.3. The SMILES string of the molecule is CC[C@H]1OC(=O)[C@H](C)[C@@H](O)[C@H](C)[C@@H](O[C@@H]2O[C@H](C)C[C@H](N(C)C)[C@H]2O)[C@@](C)(O)C[C@@H](C)C2=NC(=N)CC/C2=C\[C@]1(C)O. The van der Waals surface area contributed by atoms with E-state index in [2.05, 4.69) is 4.99 Å². The van der Waals surface area contributed by atoms with Gasteiger partial charge in [0.2, 0.25) is 0 Å². The van der Waals surface area contributed by atoms with E-state index in [0.717, 1.165) is 5.57 Å². The van der Waals surface area contributed by atoms with E-state index in [1.54, 1.807) is 33.8 Å². The van der Waals surface area contributed by atoms with Crippen molar-refractivity contribution in [3.05, 3.63) is 11.6 Å². The van der Waals surface area contributed by atoms with Crippen molar-refractivity contribution in [2.75, 3.05) is 14.1 Å². The summed E-state index contributed by atoms with van der Waals surface area (Å²) in [5.74, 6) is -2.64. The van der Waals surface area contributed by atoms with Gasteiger partial charge in [0.05, 0.1) is 29.8 Å². The molecule has 0 bridgehead atoms. The summed E-state index contributed by atoms with van der Waals surface area (Å²) in [6.07, 6.45) is -1.97. The Morgan fingerprint density at radius 2 is 1.76 bits per heavy atom. The number of aliphatic imine (C=N–C) groups is 1. The summed E-state index contributed by atoms with van der Waals surface area (Å²) in [4.78, 5) is 19.7. The zero-order valence-electron chi connectivity index (χ0n) is 26.7. The number of ether oxygens (including phenoxy) is 3. The van der Waals surface area contributed by atoms with Gasteiger partial charge in [0, 0.05) is 30.0 Å². The van der Waals surface area contributed by atoms with E-state index in [1.165, 1.54) is 0 Å². The molecule has 3 aliphatic rings. The van der Waals surface area contributed by atoms with Crippen molar-refractivity contribution in [3.63, 3.8) is 0 Å². The van der Waals surface area contributed by atoms with E-state index in [1.807, 2.05) is 39.8 Å². The van der Waals surface area contributed by atoms with Crippen LogP contribution in [0.4, 0.5) is 0 Å². The van der Waals surface area contributed by atoms with Gasteiger partial charge in [0.25, 0.3) is 0 Å². The highest BCUT2D eigenvalue weighted by atomic mass is 16.7. The Hall–Kier alpha value is -1.73. The third-order valence-electron chi connectivity index (χ3n) is 9.22. The number of esters is 1. The van der Waals surface area contributed by atoms with Crippen LogP contribution < -0.4 is 0 Å². The van der Waals surface area contributed by atoms with E-state index >= 15 is 0 Å². The zero-order chi connectivity index (χ0) is 31.7. The van der Waals surface area contributed by atoms with Crippen molar-refractivity contribution in [1.82, 2.24) is 4.90 Å². The molecule has 0 aromatic heterocycles. The second kappa shape index (κ2) is 13.5. The highest BCUT2D eigenvalue weighted by Gasteiger charge is 2.49. The summed E-state index contributed by atoms with van der Waals surface area (Å²) >= 11 is 0. The van der Waals surface area contributed by atoms with Gasteiger partial charge in [-0.15, -0.1) is 0 Å². The number of carbonyl (C=O) groups excluding carboxylic acids is 1. The lowest BCUT2D eigenvalue weighted by Crippen LogP contribution is -2.59. The van der Waals surface area contributed by atoms with Crippen LogP contribution in [0.1, 0.15) is 80.6 Å². The van der Waals surface area contributed by atoms with Gasteiger partial charge in [-0.2, -0.15) is 0 Å².